The van der Waals surface area contributed by atoms with Crippen LogP contribution in [0, 0.1) is 0 Å². The van der Waals surface area contributed by atoms with Gasteiger partial charge in [0.05, 0.1) is 6.61 Å². The molecular weight excluding hydrogens is 110 g/mol. The molecular formula is C4H9NO3. The van der Waals surface area contributed by atoms with Crippen LogP contribution in [0.3, 0.4) is 0 Å². The molecule has 4 heteroatoms. The zero-order chi connectivity index (χ0) is 6.41. The van der Waals surface area contributed by atoms with Crippen LogP contribution in [0.15, 0.2) is 0 Å². The standard InChI is InChI=1S/C4H9NO3/c5-4(6)2-1-3-8-7/h7H,1-3H2,(H2,5,6). The maximum Gasteiger partial charge on any atom is 0.217 e. The van der Waals surface area contributed by atoms with Crippen molar-refractivity contribution in [2.75, 3.05) is 6.61 Å². The van der Waals surface area contributed by atoms with E-state index >= 15 is 0 Å². The Morgan fingerprint density at radius 1 is 1.75 bits per heavy atom. The van der Waals surface area contributed by atoms with E-state index in [-0.39, 0.29) is 18.9 Å². The van der Waals surface area contributed by atoms with Gasteiger partial charge >= 0.3 is 0 Å². The van der Waals surface area contributed by atoms with Gasteiger partial charge in [-0.15, -0.1) is 0 Å². The number of hydrogen-bond donors (Lipinski definition) is 2. The minimum absolute atomic E-state index is 0.170. The Morgan fingerprint density at radius 3 is 2.75 bits per heavy atom. The van der Waals surface area contributed by atoms with Crippen LogP contribution in [0.4, 0.5) is 0 Å². The van der Waals surface area contributed by atoms with Crippen molar-refractivity contribution in [2.24, 2.45) is 5.73 Å². The third-order valence-electron chi connectivity index (χ3n) is 0.659. The maximum atomic E-state index is 9.96. The molecule has 0 aliphatic carbocycles. The summed E-state index contributed by atoms with van der Waals surface area (Å²) in [4.78, 5) is 13.6. The summed E-state index contributed by atoms with van der Waals surface area (Å²) in [6, 6.07) is 0. The molecule has 0 saturated carbocycles. The molecule has 0 fully saturated rings. The van der Waals surface area contributed by atoms with Crippen molar-refractivity contribution in [2.45, 2.75) is 12.8 Å². The van der Waals surface area contributed by atoms with Gasteiger partial charge in [-0.05, 0) is 6.42 Å². The summed E-state index contributed by atoms with van der Waals surface area (Å²) in [5.74, 6) is -0.373. The third-order valence-corrected chi connectivity index (χ3v) is 0.659. The maximum absolute atomic E-state index is 9.96. The zero-order valence-electron chi connectivity index (χ0n) is 4.46. The van der Waals surface area contributed by atoms with Crippen molar-refractivity contribution in [3.8, 4) is 0 Å². The van der Waals surface area contributed by atoms with Gasteiger partial charge in [0.15, 0.2) is 0 Å². The van der Waals surface area contributed by atoms with E-state index in [4.69, 9.17) is 11.0 Å². The summed E-state index contributed by atoms with van der Waals surface area (Å²) >= 11 is 0. The first-order chi connectivity index (χ1) is 3.77. The Labute approximate surface area is 47.2 Å². The molecule has 0 radical (unpaired) electrons. The van der Waals surface area contributed by atoms with Gasteiger partial charge in [-0.2, -0.15) is 0 Å². The van der Waals surface area contributed by atoms with Crippen molar-refractivity contribution >= 4 is 5.91 Å². The number of nitrogens with two attached hydrogens (primary N) is 1. The summed E-state index contributed by atoms with van der Waals surface area (Å²) in [5.41, 5.74) is 4.76. The lowest BCUT2D eigenvalue weighted by Gasteiger charge is -1.90. The molecule has 0 aromatic carbocycles. The van der Waals surface area contributed by atoms with Crippen LogP contribution in [0.5, 0.6) is 0 Å². The Hall–Kier alpha value is -0.610. The van der Waals surface area contributed by atoms with E-state index in [0.29, 0.717) is 6.42 Å². The fourth-order valence-electron chi connectivity index (χ4n) is 0.311. The SMILES string of the molecule is NC(=O)CCCOO. The van der Waals surface area contributed by atoms with Gasteiger partial charge < -0.3 is 5.73 Å². The van der Waals surface area contributed by atoms with Crippen molar-refractivity contribution < 1.29 is 14.9 Å². The first kappa shape index (κ1) is 7.39. The molecule has 0 unspecified atom stereocenters. The topological polar surface area (TPSA) is 72.6 Å². The molecule has 0 saturated heterocycles. The average Bonchev–Trinajstić information content (AvgIpc) is 1.66. The lowest BCUT2D eigenvalue weighted by Crippen LogP contribution is -2.10. The molecule has 0 heterocycles. The van der Waals surface area contributed by atoms with Gasteiger partial charge in [0.2, 0.25) is 5.91 Å². The number of amides is 1. The summed E-state index contributed by atoms with van der Waals surface area (Å²) in [5, 5.41) is 7.73. The smallest absolute Gasteiger partial charge is 0.217 e. The van der Waals surface area contributed by atoms with Crippen LogP contribution in [0.25, 0.3) is 0 Å². The summed E-state index contributed by atoms with van der Waals surface area (Å²) in [6.07, 6.45) is 0.742. The second kappa shape index (κ2) is 4.55. The molecule has 3 N–H and O–H groups in total. The number of hydrogen-bond acceptors (Lipinski definition) is 3. The normalized spacial score (nSPS) is 9.12. The van der Waals surface area contributed by atoms with E-state index in [1.807, 2.05) is 0 Å². The highest BCUT2D eigenvalue weighted by Gasteiger charge is 1.91. The van der Waals surface area contributed by atoms with Gasteiger partial charge in [0.25, 0.3) is 0 Å². The second-order valence-electron chi connectivity index (χ2n) is 1.40. The fraction of sp³-hybridized carbons (Fsp3) is 0.750. The predicted octanol–water partition coefficient (Wildman–Crippen LogP) is -0.259. The highest BCUT2D eigenvalue weighted by atomic mass is 17.1. The van der Waals surface area contributed by atoms with Crippen molar-refractivity contribution in [1.29, 1.82) is 0 Å². The highest BCUT2D eigenvalue weighted by molar-refractivity contribution is 5.73. The third kappa shape index (κ3) is 5.39. The average molecular weight is 119 g/mol. The Kier molecular flexibility index (Phi) is 4.20. The first-order valence-corrected chi connectivity index (χ1v) is 2.32. The van der Waals surface area contributed by atoms with E-state index in [2.05, 4.69) is 4.89 Å². The molecule has 4 nitrogen and oxygen atoms in total. The minimum atomic E-state index is -0.373. The first-order valence-electron chi connectivity index (χ1n) is 2.32. The van der Waals surface area contributed by atoms with E-state index in [1.54, 1.807) is 0 Å². The fourth-order valence-corrected chi connectivity index (χ4v) is 0.311. The van der Waals surface area contributed by atoms with Crippen LogP contribution in [0.1, 0.15) is 12.8 Å². The lowest BCUT2D eigenvalue weighted by atomic mass is 10.3. The number of rotatable bonds is 4. The molecule has 1 amide bonds. The van der Waals surface area contributed by atoms with Crippen LogP contribution < -0.4 is 5.73 Å². The van der Waals surface area contributed by atoms with Crippen molar-refractivity contribution in [1.82, 2.24) is 0 Å². The molecule has 48 valence electrons. The van der Waals surface area contributed by atoms with Crippen LogP contribution >= 0.6 is 0 Å². The van der Waals surface area contributed by atoms with Crippen molar-refractivity contribution in [3.63, 3.8) is 0 Å². The summed E-state index contributed by atoms with van der Waals surface area (Å²) in [6.45, 7) is 0.170. The minimum Gasteiger partial charge on any atom is -0.370 e. The number of carbonyl (C=O) groups excluding carboxylic acids is 1. The monoisotopic (exact) mass is 119 g/mol. The zero-order valence-corrected chi connectivity index (χ0v) is 4.46. The summed E-state index contributed by atoms with van der Waals surface area (Å²) in [7, 11) is 0. The van der Waals surface area contributed by atoms with Gasteiger partial charge in [-0.3, -0.25) is 10.1 Å². The van der Waals surface area contributed by atoms with Gasteiger partial charge in [0.1, 0.15) is 0 Å². The van der Waals surface area contributed by atoms with Gasteiger partial charge in [0, 0.05) is 6.42 Å². The van der Waals surface area contributed by atoms with Gasteiger partial charge in [-0.1, -0.05) is 0 Å². The highest BCUT2D eigenvalue weighted by Crippen LogP contribution is 1.85. The van der Waals surface area contributed by atoms with Crippen LogP contribution in [-0.2, 0) is 9.68 Å². The Balaban J connectivity index is 2.82. The van der Waals surface area contributed by atoms with Crippen LogP contribution in [-0.4, -0.2) is 17.8 Å². The number of carbonyl (C=O) groups is 1. The van der Waals surface area contributed by atoms with E-state index < -0.39 is 0 Å². The second-order valence-corrected chi connectivity index (χ2v) is 1.40. The lowest BCUT2D eigenvalue weighted by molar-refractivity contribution is -0.242. The van der Waals surface area contributed by atoms with E-state index in [9.17, 15) is 4.79 Å². The molecule has 0 atom stereocenters. The molecule has 0 rings (SSSR count). The quantitative estimate of drug-likeness (QED) is 0.304. The van der Waals surface area contributed by atoms with E-state index in [1.165, 1.54) is 0 Å². The van der Waals surface area contributed by atoms with Crippen molar-refractivity contribution in [3.05, 3.63) is 0 Å². The molecule has 0 bridgehead atoms. The molecule has 0 spiro atoms. The Bertz CT molecular complexity index is 73.7. The molecule has 0 aromatic heterocycles. The Morgan fingerprint density at radius 2 is 2.38 bits per heavy atom. The van der Waals surface area contributed by atoms with Crippen LogP contribution in [0.2, 0.25) is 0 Å². The predicted molar refractivity (Wildman–Crippen MR) is 27.0 cm³/mol. The largest absolute Gasteiger partial charge is 0.370 e. The van der Waals surface area contributed by atoms with E-state index in [0.717, 1.165) is 0 Å². The molecule has 8 heavy (non-hydrogen) atoms. The number of primary amides is 1. The summed E-state index contributed by atoms with van der Waals surface area (Å²) < 4.78 is 0. The van der Waals surface area contributed by atoms with Gasteiger partial charge in [-0.25, -0.2) is 4.89 Å². The molecule has 0 aromatic rings. The molecule has 0 aliphatic rings. The molecule has 0 aliphatic heterocycles.